The number of nitrogens with zero attached hydrogens (tertiary/aromatic N) is 1. The molecule has 2 atom stereocenters. The predicted octanol–water partition coefficient (Wildman–Crippen LogP) is 0.912. The number of amides is 2. The van der Waals surface area contributed by atoms with E-state index in [4.69, 9.17) is 0 Å². The van der Waals surface area contributed by atoms with Crippen molar-refractivity contribution in [3.63, 3.8) is 0 Å². The normalized spacial score (nSPS) is 25.9. The van der Waals surface area contributed by atoms with E-state index in [2.05, 4.69) is 5.32 Å². The molecule has 0 aromatic rings. The first-order valence-corrected chi connectivity index (χ1v) is 7.72. The molecule has 0 radical (unpaired) electrons. The topological polar surface area (TPSA) is 69.6 Å². The van der Waals surface area contributed by atoms with Crippen LogP contribution in [0.15, 0.2) is 0 Å². The van der Waals surface area contributed by atoms with Crippen LogP contribution in [0.3, 0.4) is 0 Å². The molecule has 2 amide bonds. The van der Waals surface area contributed by atoms with Crippen molar-refractivity contribution in [3.8, 4) is 0 Å². The zero-order valence-corrected chi connectivity index (χ0v) is 12.5. The van der Waals surface area contributed by atoms with Gasteiger partial charge in [-0.3, -0.25) is 9.59 Å². The highest BCUT2D eigenvalue weighted by Gasteiger charge is 2.36. The van der Waals surface area contributed by atoms with E-state index in [9.17, 15) is 14.7 Å². The van der Waals surface area contributed by atoms with Gasteiger partial charge in [0.1, 0.15) is 0 Å². The molecule has 2 N–H and O–H groups in total. The van der Waals surface area contributed by atoms with Crippen LogP contribution in [0.25, 0.3) is 0 Å². The van der Waals surface area contributed by atoms with Crippen molar-refractivity contribution in [1.82, 2.24) is 10.2 Å². The molecule has 1 aliphatic heterocycles. The van der Waals surface area contributed by atoms with Crippen LogP contribution in [0.4, 0.5) is 0 Å². The van der Waals surface area contributed by atoms with Gasteiger partial charge in [0, 0.05) is 25.6 Å². The quantitative estimate of drug-likeness (QED) is 0.787. The Kier molecular flexibility index (Phi) is 4.68. The molecule has 1 saturated carbocycles. The van der Waals surface area contributed by atoms with Gasteiger partial charge in [0.2, 0.25) is 11.8 Å². The van der Waals surface area contributed by atoms with Gasteiger partial charge < -0.3 is 15.3 Å². The molecule has 0 spiro atoms. The molecule has 2 aliphatic rings. The van der Waals surface area contributed by atoms with Crippen LogP contribution in [0.5, 0.6) is 0 Å². The summed E-state index contributed by atoms with van der Waals surface area (Å²) in [6, 6.07) is 0. The van der Waals surface area contributed by atoms with Crippen molar-refractivity contribution in [2.75, 3.05) is 19.6 Å². The molecule has 2 fully saturated rings. The van der Waals surface area contributed by atoms with E-state index in [1.54, 1.807) is 6.92 Å². The Hall–Kier alpha value is -1.10. The third-order valence-electron chi connectivity index (χ3n) is 4.44. The maximum atomic E-state index is 12.2. The second-order valence-electron chi connectivity index (χ2n) is 6.47. The van der Waals surface area contributed by atoms with Gasteiger partial charge >= 0.3 is 0 Å². The van der Waals surface area contributed by atoms with E-state index in [1.165, 1.54) is 0 Å². The molecule has 114 valence electrons. The zero-order valence-electron chi connectivity index (χ0n) is 12.5. The number of piperidine rings is 1. The first-order chi connectivity index (χ1) is 9.43. The maximum absolute atomic E-state index is 12.2. The summed E-state index contributed by atoms with van der Waals surface area (Å²) < 4.78 is 0. The minimum absolute atomic E-state index is 0.0352. The van der Waals surface area contributed by atoms with Crippen LogP contribution in [0.2, 0.25) is 0 Å². The molecule has 5 heteroatoms. The van der Waals surface area contributed by atoms with Crippen LogP contribution >= 0.6 is 0 Å². The van der Waals surface area contributed by atoms with E-state index in [0.29, 0.717) is 13.0 Å². The minimum atomic E-state index is -0.853. The molecule has 0 aromatic heterocycles. The first kappa shape index (κ1) is 15.3. The third kappa shape index (κ3) is 3.95. The van der Waals surface area contributed by atoms with Crippen molar-refractivity contribution in [3.05, 3.63) is 0 Å². The molecule has 1 aliphatic carbocycles. The summed E-state index contributed by atoms with van der Waals surface area (Å²) in [4.78, 5) is 26.1. The SMILES string of the molecule is CCC(C)(O)CNC(=O)C1CCCN(C(=O)C2CC2)C1. The number of hydrogen-bond donors (Lipinski definition) is 2. The van der Waals surface area contributed by atoms with Gasteiger partial charge in [-0.15, -0.1) is 0 Å². The fraction of sp³-hybridized carbons (Fsp3) is 0.867. The largest absolute Gasteiger partial charge is 0.388 e. The summed E-state index contributed by atoms with van der Waals surface area (Å²) in [6.07, 6.45) is 4.33. The Morgan fingerprint density at radius 3 is 2.60 bits per heavy atom. The predicted molar refractivity (Wildman–Crippen MR) is 76.0 cm³/mol. The lowest BCUT2D eigenvalue weighted by Gasteiger charge is -2.33. The monoisotopic (exact) mass is 282 g/mol. The smallest absolute Gasteiger partial charge is 0.225 e. The summed E-state index contributed by atoms with van der Waals surface area (Å²) >= 11 is 0. The van der Waals surface area contributed by atoms with Gasteiger partial charge in [-0.05, 0) is 39.0 Å². The lowest BCUT2D eigenvalue weighted by Crippen LogP contribution is -2.48. The third-order valence-corrected chi connectivity index (χ3v) is 4.44. The fourth-order valence-corrected chi connectivity index (χ4v) is 2.53. The number of rotatable bonds is 5. The van der Waals surface area contributed by atoms with Gasteiger partial charge in [-0.1, -0.05) is 6.92 Å². The lowest BCUT2D eigenvalue weighted by atomic mass is 9.96. The minimum Gasteiger partial charge on any atom is -0.388 e. The summed E-state index contributed by atoms with van der Waals surface area (Å²) in [5.41, 5.74) is -0.853. The van der Waals surface area contributed by atoms with Crippen molar-refractivity contribution in [2.45, 2.75) is 51.6 Å². The Morgan fingerprint density at radius 1 is 1.30 bits per heavy atom. The van der Waals surface area contributed by atoms with Crippen molar-refractivity contribution in [1.29, 1.82) is 0 Å². The molecule has 1 heterocycles. The number of carbonyl (C=O) groups excluding carboxylic acids is 2. The Balaban J connectivity index is 1.82. The number of hydrogen-bond acceptors (Lipinski definition) is 3. The highest BCUT2D eigenvalue weighted by atomic mass is 16.3. The zero-order chi connectivity index (χ0) is 14.8. The first-order valence-electron chi connectivity index (χ1n) is 7.72. The van der Waals surface area contributed by atoms with Gasteiger partial charge in [-0.25, -0.2) is 0 Å². The summed E-state index contributed by atoms with van der Waals surface area (Å²) in [5.74, 6) is 0.284. The molecule has 0 aromatic carbocycles. The molecular formula is C15H26N2O3. The summed E-state index contributed by atoms with van der Waals surface area (Å²) in [6.45, 7) is 5.20. The van der Waals surface area contributed by atoms with Crippen LogP contribution < -0.4 is 5.32 Å². The summed E-state index contributed by atoms with van der Waals surface area (Å²) in [7, 11) is 0. The van der Waals surface area contributed by atoms with E-state index in [0.717, 1.165) is 32.2 Å². The number of carbonyl (C=O) groups is 2. The lowest BCUT2D eigenvalue weighted by molar-refractivity contribution is -0.137. The van der Waals surface area contributed by atoms with Crippen LogP contribution in [-0.2, 0) is 9.59 Å². The van der Waals surface area contributed by atoms with E-state index >= 15 is 0 Å². The molecule has 20 heavy (non-hydrogen) atoms. The van der Waals surface area contributed by atoms with Crippen LogP contribution in [0, 0.1) is 11.8 Å². The summed E-state index contributed by atoms with van der Waals surface area (Å²) in [5, 5.41) is 12.7. The fourth-order valence-electron chi connectivity index (χ4n) is 2.53. The van der Waals surface area contributed by atoms with Gasteiger partial charge in [0.25, 0.3) is 0 Å². The van der Waals surface area contributed by atoms with Crippen LogP contribution in [0.1, 0.15) is 46.0 Å². The van der Waals surface area contributed by atoms with Gasteiger partial charge in [0.15, 0.2) is 0 Å². The average Bonchev–Trinajstić information content (AvgIpc) is 3.29. The van der Waals surface area contributed by atoms with E-state index < -0.39 is 5.60 Å². The van der Waals surface area contributed by atoms with Gasteiger partial charge in [-0.2, -0.15) is 0 Å². The molecule has 2 rings (SSSR count). The number of likely N-dealkylation sites (tertiary alicyclic amines) is 1. The molecule has 5 nitrogen and oxygen atoms in total. The molecule has 1 saturated heterocycles. The highest BCUT2D eigenvalue weighted by Crippen LogP contribution is 2.32. The second-order valence-corrected chi connectivity index (χ2v) is 6.47. The van der Waals surface area contributed by atoms with E-state index in [-0.39, 0.29) is 30.2 Å². The Morgan fingerprint density at radius 2 is 2.00 bits per heavy atom. The molecule has 0 bridgehead atoms. The highest BCUT2D eigenvalue weighted by molar-refractivity contribution is 5.83. The number of aliphatic hydroxyl groups is 1. The molecular weight excluding hydrogens is 256 g/mol. The van der Waals surface area contributed by atoms with E-state index in [1.807, 2.05) is 11.8 Å². The Bertz CT molecular complexity index is 377. The Labute approximate surface area is 120 Å². The maximum Gasteiger partial charge on any atom is 0.225 e. The van der Waals surface area contributed by atoms with Crippen LogP contribution in [-0.4, -0.2) is 47.1 Å². The van der Waals surface area contributed by atoms with Crippen molar-refractivity contribution < 1.29 is 14.7 Å². The number of nitrogens with one attached hydrogen (secondary N) is 1. The van der Waals surface area contributed by atoms with Gasteiger partial charge in [0.05, 0.1) is 11.5 Å². The standard InChI is InChI=1S/C15H26N2O3/c1-3-15(2,20)10-16-13(18)12-5-4-8-17(9-12)14(19)11-6-7-11/h11-12,20H,3-10H2,1-2H3,(H,16,18). The average molecular weight is 282 g/mol. The van der Waals surface area contributed by atoms with Crippen molar-refractivity contribution >= 4 is 11.8 Å². The molecule has 2 unspecified atom stereocenters. The van der Waals surface area contributed by atoms with Crippen molar-refractivity contribution in [2.24, 2.45) is 11.8 Å². The second kappa shape index (κ2) is 6.12.